The van der Waals surface area contributed by atoms with Crippen LogP contribution in [0, 0.1) is 46.8 Å². The quantitative estimate of drug-likeness (QED) is 0.299. The highest BCUT2D eigenvalue weighted by atomic mass is 16.6. The lowest BCUT2D eigenvalue weighted by Gasteiger charge is -2.58. The van der Waals surface area contributed by atoms with E-state index in [1.165, 1.54) is 5.57 Å². The van der Waals surface area contributed by atoms with E-state index >= 15 is 0 Å². The summed E-state index contributed by atoms with van der Waals surface area (Å²) in [5, 5.41) is 27.9. The number of fused-ring (bicyclic) bond motifs is 5. The van der Waals surface area contributed by atoms with E-state index in [2.05, 4.69) is 36.3 Å². The Kier molecular flexibility index (Phi) is 8.10. The van der Waals surface area contributed by atoms with Gasteiger partial charge in [-0.3, -0.25) is 9.59 Å². The topological polar surface area (TPSA) is 117 Å². The maximum absolute atomic E-state index is 12.7. The fraction of sp³-hybridized carbons (Fsp3) is 0.788. The zero-order valence-electron chi connectivity index (χ0n) is 25.2. The van der Waals surface area contributed by atoms with E-state index in [1.54, 1.807) is 0 Å². The maximum atomic E-state index is 12.7. The number of hydrogen-bond acceptors (Lipinski definition) is 6. The van der Waals surface area contributed by atoms with E-state index in [0.29, 0.717) is 43.6 Å². The number of carboxylic acids is 1. The molecular weight excluding hydrogens is 520 g/mol. The van der Waals surface area contributed by atoms with Crippen molar-refractivity contribution < 1.29 is 29.4 Å². The van der Waals surface area contributed by atoms with E-state index in [0.717, 1.165) is 50.7 Å². The predicted octanol–water partition coefficient (Wildman–Crippen LogP) is 4.85. The third-order valence-corrected chi connectivity index (χ3v) is 11.8. The van der Waals surface area contributed by atoms with Crippen LogP contribution in [-0.2, 0) is 19.2 Å². The molecule has 1 heterocycles. The van der Waals surface area contributed by atoms with Crippen molar-refractivity contribution in [3.8, 4) is 12.3 Å². The molecule has 8 atom stereocenters. The Morgan fingerprint density at radius 1 is 1.15 bits per heavy atom. The molecule has 226 valence electrons. The molecule has 8 nitrogen and oxygen atoms in total. The summed E-state index contributed by atoms with van der Waals surface area (Å²) in [7, 11) is 0. The minimum Gasteiger partial charge on any atom is -0.481 e. The summed E-state index contributed by atoms with van der Waals surface area (Å²) in [6.07, 6.45) is 17.0. The number of aliphatic carboxylic acids is 1. The molecule has 0 radical (unpaired) electrons. The van der Waals surface area contributed by atoms with Crippen molar-refractivity contribution in [2.45, 2.75) is 116 Å². The van der Waals surface area contributed by atoms with Crippen molar-refractivity contribution in [3.05, 3.63) is 11.6 Å². The third-order valence-electron chi connectivity index (χ3n) is 11.8. The van der Waals surface area contributed by atoms with Crippen LogP contribution in [0.5, 0.6) is 0 Å². The van der Waals surface area contributed by atoms with Crippen molar-refractivity contribution in [2.24, 2.45) is 39.7 Å². The molecule has 1 amide bonds. The van der Waals surface area contributed by atoms with Gasteiger partial charge < -0.3 is 25.1 Å². The van der Waals surface area contributed by atoms with Crippen LogP contribution >= 0.6 is 0 Å². The Morgan fingerprint density at radius 2 is 1.90 bits per heavy atom. The van der Waals surface area contributed by atoms with Crippen molar-refractivity contribution in [2.75, 3.05) is 13.2 Å². The number of allylic oxidation sites excluding steroid dienone is 2. The zero-order chi connectivity index (χ0) is 29.6. The molecule has 0 aromatic rings. The minimum absolute atomic E-state index is 0.0308. The molecule has 0 aromatic heterocycles. The van der Waals surface area contributed by atoms with Gasteiger partial charge in [-0.2, -0.15) is 0 Å². The van der Waals surface area contributed by atoms with Gasteiger partial charge in [-0.1, -0.05) is 30.5 Å². The van der Waals surface area contributed by atoms with Crippen molar-refractivity contribution >= 4 is 17.6 Å². The third kappa shape index (κ3) is 5.57. The van der Waals surface area contributed by atoms with Crippen LogP contribution < -0.4 is 5.32 Å². The van der Waals surface area contributed by atoms with Crippen LogP contribution in [0.15, 0.2) is 16.8 Å². The SMILES string of the molecule is C#C[C@]1(O)CC[C@@H]2[C@@H]3CCC4=C/C(=N/OCC(=O)N[C@H](CC(=O)O)[C@@H]5CCOC(C)(C)C5)CC[C@]4(C)[C@H]3CC[C@@]21C. The average molecular weight is 569 g/mol. The Morgan fingerprint density at radius 3 is 2.61 bits per heavy atom. The lowest BCUT2D eigenvalue weighted by Crippen LogP contribution is -2.54. The Hall–Kier alpha value is -2.37. The summed E-state index contributed by atoms with van der Waals surface area (Å²) in [6, 6.07) is -0.471. The molecule has 4 aliphatic carbocycles. The summed E-state index contributed by atoms with van der Waals surface area (Å²) >= 11 is 0. The van der Waals surface area contributed by atoms with Crippen molar-refractivity contribution in [1.29, 1.82) is 0 Å². The van der Waals surface area contributed by atoms with Crippen molar-refractivity contribution in [3.63, 3.8) is 0 Å². The van der Waals surface area contributed by atoms with Crippen molar-refractivity contribution in [1.82, 2.24) is 5.32 Å². The normalized spacial score (nSPS) is 41.2. The van der Waals surface area contributed by atoms with E-state index in [4.69, 9.17) is 16.0 Å². The van der Waals surface area contributed by atoms with Crippen LogP contribution in [0.4, 0.5) is 0 Å². The molecule has 0 bridgehead atoms. The Balaban J connectivity index is 1.19. The van der Waals surface area contributed by atoms with E-state index in [-0.39, 0.29) is 41.3 Å². The second kappa shape index (κ2) is 11.0. The second-order valence-electron chi connectivity index (χ2n) is 14.5. The van der Waals surface area contributed by atoms with E-state index in [1.807, 2.05) is 13.8 Å². The van der Waals surface area contributed by atoms with Gasteiger partial charge in [-0.15, -0.1) is 6.42 Å². The van der Waals surface area contributed by atoms with E-state index in [9.17, 15) is 19.8 Å². The number of carboxylic acid groups (broad SMARTS) is 1. The predicted molar refractivity (Wildman–Crippen MR) is 156 cm³/mol. The summed E-state index contributed by atoms with van der Waals surface area (Å²) < 4.78 is 5.77. The summed E-state index contributed by atoms with van der Waals surface area (Å²) in [4.78, 5) is 29.7. The fourth-order valence-corrected chi connectivity index (χ4v) is 9.46. The van der Waals surface area contributed by atoms with Crippen LogP contribution in [-0.4, -0.2) is 58.3 Å². The number of ether oxygens (including phenoxy) is 1. The highest BCUT2D eigenvalue weighted by Crippen LogP contribution is 2.67. The first-order valence-corrected chi connectivity index (χ1v) is 15.6. The molecule has 0 spiro atoms. The molecule has 1 saturated heterocycles. The standard InChI is InChI=1S/C33H48N2O6/c1-6-33(39)15-11-26-24-8-7-22-17-23(9-13-31(22,4)25(24)10-14-32(26,33)5)35-41-20-28(36)34-27(18-29(37)38)21-12-16-40-30(2,3)19-21/h1,17,21,24-27,39H,7-16,18-20H2,2-5H3,(H,34,36)(H,37,38)/b35-23+/t21-,24-,25+,26-,27-,31+,32+,33+/m1/s1. The van der Waals surface area contributed by atoms with Gasteiger partial charge in [0.05, 0.1) is 17.7 Å². The number of carbonyl (C=O) groups excluding carboxylic acids is 1. The molecule has 41 heavy (non-hydrogen) atoms. The number of oxime groups is 1. The van der Waals surface area contributed by atoms with Crippen LogP contribution in [0.2, 0.25) is 0 Å². The molecule has 3 saturated carbocycles. The first kappa shape index (κ1) is 30.1. The highest BCUT2D eigenvalue weighted by molar-refractivity contribution is 5.96. The number of rotatable bonds is 7. The van der Waals surface area contributed by atoms with Gasteiger partial charge in [0, 0.05) is 18.1 Å². The van der Waals surface area contributed by atoms with Gasteiger partial charge in [0.25, 0.3) is 5.91 Å². The number of terminal acetylenes is 1. The van der Waals surface area contributed by atoms with Gasteiger partial charge in [0.1, 0.15) is 5.60 Å². The van der Waals surface area contributed by atoms with Gasteiger partial charge in [-0.25, -0.2) is 0 Å². The number of hydrogen-bond donors (Lipinski definition) is 3. The minimum atomic E-state index is -0.981. The summed E-state index contributed by atoms with van der Waals surface area (Å²) in [5.41, 5.74) is 0.883. The largest absolute Gasteiger partial charge is 0.481 e. The first-order valence-electron chi connectivity index (χ1n) is 15.6. The Bertz CT molecular complexity index is 1150. The van der Waals surface area contributed by atoms with Crippen LogP contribution in [0.1, 0.15) is 98.3 Å². The summed E-state index contributed by atoms with van der Waals surface area (Å²) in [6.45, 7) is 8.93. The van der Waals surface area contributed by atoms with Gasteiger partial charge in [-0.05, 0) is 113 Å². The molecule has 3 N–H and O–H groups in total. The molecule has 5 rings (SSSR count). The maximum Gasteiger partial charge on any atom is 0.305 e. The van der Waals surface area contributed by atoms with Gasteiger partial charge in [0.15, 0.2) is 6.61 Å². The van der Waals surface area contributed by atoms with Gasteiger partial charge >= 0.3 is 5.97 Å². The highest BCUT2D eigenvalue weighted by Gasteiger charge is 2.63. The number of aliphatic hydroxyl groups is 1. The van der Waals surface area contributed by atoms with E-state index < -0.39 is 17.6 Å². The molecule has 1 aliphatic heterocycles. The molecule has 8 heteroatoms. The smallest absolute Gasteiger partial charge is 0.305 e. The van der Waals surface area contributed by atoms with Crippen LogP contribution in [0.3, 0.4) is 0 Å². The zero-order valence-corrected chi connectivity index (χ0v) is 25.2. The van der Waals surface area contributed by atoms with Crippen LogP contribution in [0.25, 0.3) is 0 Å². The molecular formula is C33H48N2O6. The number of nitrogens with one attached hydrogen (secondary N) is 1. The number of carbonyl (C=O) groups is 2. The lowest BCUT2D eigenvalue weighted by molar-refractivity contribution is -0.139. The number of amides is 1. The molecule has 5 aliphatic rings. The Labute approximate surface area is 244 Å². The average Bonchev–Trinajstić information content (AvgIpc) is 3.18. The number of nitrogens with zero attached hydrogens (tertiary/aromatic N) is 1. The summed E-state index contributed by atoms with van der Waals surface area (Å²) in [5.74, 6) is 3.14. The fourth-order valence-electron chi connectivity index (χ4n) is 9.46. The second-order valence-corrected chi connectivity index (χ2v) is 14.5. The van der Waals surface area contributed by atoms with Gasteiger partial charge in [0.2, 0.25) is 0 Å². The monoisotopic (exact) mass is 568 g/mol. The molecule has 4 fully saturated rings. The molecule has 0 unspecified atom stereocenters. The first-order chi connectivity index (χ1) is 19.3. The molecule has 0 aromatic carbocycles. The lowest BCUT2D eigenvalue weighted by atomic mass is 9.46.